The standard InChI is InChI=1S/C23H25FN6O2S/c1-15(21(31)27-22(32)26-18-5-3-2-4-6-18)33-23-29-28-20(16-11-13-25-14-12-16)30(23)19-9-7-17(24)8-10-19/h7-15,18H,2-6H2,1H3,(H2,26,27,31,32)/t15-/m1/s1. The maximum Gasteiger partial charge on any atom is 0.321 e. The molecule has 0 aliphatic heterocycles. The minimum atomic E-state index is -0.615. The summed E-state index contributed by atoms with van der Waals surface area (Å²) in [5.74, 6) is -0.246. The van der Waals surface area contributed by atoms with Gasteiger partial charge in [0.25, 0.3) is 0 Å². The molecule has 33 heavy (non-hydrogen) atoms. The molecule has 1 atom stereocenters. The first-order valence-corrected chi connectivity index (χ1v) is 11.8. The van der Waals surface area contributed by atoms with Gasteiger partial charge in [0, 0.05) is 29.7 Å². The van der Waals surface area contributed by atoms with E-state index in [1.165, 1.54) is 30.3 Å². The fourth-order valence-electron chi connectivity index (χ4n) is 3.75. The summed E-state index contributed by atoms with van der Waals surface area (Å²) in [6.07, 6.45) is 8.52. The third-order valence-electron chi connectivity index (χ3n) is 5.49. The van der Waals surface area contributed by atoms with E-state index in [0.717, 1.165) is 31.2 Å². The molecule has 2 N–H and O–H groups in total. The van der Waals surface area contributed by atoms with Gasteiger partial charge in [-0.25, -0.2) is 9.18 Å². The van der Waals surface area contributed by atoms with E-state index in [1.54, 1.807) is 48.1 Å². The van der Waals surface area contributed by atoms with Crippen molar-refractivity contribution in [2.45, 2.75) is 55.5 Å². The van der Waals surface area contributed by atoms with Gasteiger partial charge in [0.15, 0.2) is 11.0 Å². The van der Waals surface area contributed by atoms with E-state index in [-0.39, 0.29) is 11.9 Å². The van der Waals surface area contributed by atoms with Gasteiger partial charge in [-0.3, -0.25) is 19.7 Å². The van der Waals surface area contributed by atoms with Crippen molar-refractivity contribution >= 4 is 23.7 Å². The van der Waals surface area contributed by atoms with Crippen LogP contribution < -0.4 is 10.6 Å². The van der Waals surface area contributed by atoms with Crippen molar-refractivity contribution in [3.8, 4) is 17.1 Å². The number of thioether (sulfide) groups is 1. The molecule has 0 spiro atoms. The van der Waals surface area contributed by atoms with Gasteiger partial charge in [-0.15, -0.1) is 10.2 Å². The van der Waals surface area contributed by atoms with E-state index >= 15 is 0 Å². The van der Waals surface area contributed by atoms with Crippen LogP contribution in [-0.2, 0) is 4.79 Å². The number of pyridine rings is 1. The number of hydrogen-bond acceptors (Lipinski definition) is 6. The fraction of sp³-hybridized carbons (Fsp3) is 0.348. The Hall–Kier alpha value is -3.27. The SMILES string of the molecule is C[C@@H](Sc1nnc(-c2ccncc2)n1-c1ccc(F)cc1)C(=O)NC(=O)NC1CCCCC1. The number of imide groups is 1. The van der Waals surface area contributed by atoms with Gasteiger partial charge < -0.3 is 5.32 Å². The van der Waals surface area contributed by atoms with Crippen LogP contribution in [-0.4, -0.2) is 43.0 Å². The summed E-state index contributed by atoms with van der Waals surface area (Å²) in [5, 5.41) is 13.7. The highest BCUT2D eigenvalue weighted by atomic mass is 32.2. The molecule has 1 saturated carbocycles. The predicted octanol–water partition coefficient (Wildman–Crippen LogP) is 4.11. The molecule has 10 heteroatoms. The molecule has 3 amide bonds. The Morgan fingerprint density at radius 3 is 2.45 bits per heavy atom. The highest BCUT2D eigenvalue weighted by molar-refractivity contribution is 8.00. The zero-order valence-electron chi connectivity index (χ0n) is 18.2. The van der Waals surface area contributed by atoms with Crippen LogP contribution in [0.1, 0.15) is 39.0 Å². The van der Waals surface area contributed by atoms with Gasteiger partial charge in [0.1, 0.15) is 5.82 Å². The Bertz CT molecular complexity index is 1100. The van der Waals surface area contributed by atoms with Crippen LogP contribution in [0.4, 0.5) is 9.18 Å². The molecule has 4 rings (SSSR count). The van der Waals surface area contributed by atoms with Gasteiger partial charge in [-0.2, -0.15) is 0 Å². The van der Waals surface area contributed by atoms with E-state index < -0.39 is 17.2 Å². The number of halogens is 1. The zero-order chi connectivity index (χ0) is 23.2. The minimum absolute atomic E-state index is 0.110. The Morgan fingerprint density at radius 2 is 1.76 bits per heavy atom. The van der Waals surface area contributed by atoms with Gasteiger partial charge in [-0.1, -0.05) is 31.0 Å². The molecule has 0 saturated heterocycles. The molecule has 0 unspecified atom stereocenters. The number of carbonyl (C=O) groups excluding carboxylic acids is 2. The number of hydrogen-bond donors (Lipinski definition) is 2. The molecule has 1 aliphatic carbocycles. The molecule has 0 radical (unpaired) electrons. The van der Waals surface area contributed by atoms with Gasteiger partial charge in [0.05, 0.1) is 5.25 Å². The molecule has 0 bridgehead atoms. The average molecular weight is 469 g/mol. The van der Waals surface area contributed by atoms with E-state index in [1.807, 2.05) is 0 Å². The van der Waals surface area contributed by atoms with Gasteiger partial charge >= 0.3 is 6.03 Å². The smallest absolute Gasteiger partial charge is 0.321 e. The van der Waals surface area contributed by atoms with E-state index in [2.05, 4.69) is 25.8 Å². The van der Waals surface area contributed by atoms with Crippen molar-refractivity contribution in [2.24, 2.45) is 0 Å². The lowest BCUT2D eigenvalue weighted by Gasteiger charge is -2.23. The molecule has 8 nitrogen and oxygen atoms in total. The first kappa shape index (κ1) is 22.9. The molecule has 172 valence electrons. The number of amides is 3. The first-order valence-electron chi connectivity index (χ1n) is 10.9. The molecule has 1 fully saturated rings. The third-order valence-corrected chi connectivity index (χ3v) is 6.53. The number of urea groups is 1. The number of carbonyl (C=O) groups is 2. The fourth-order valence-corrected chi connectivity index (χ4v) is 4.62. The van der Waals surface area contributed by atoms with E-state index in [4.69, 9.17) is 0 Å². The van der Waals surface area contributed by atoms with Crippen LogP contribution in [0.2, 0.25) is 0 Å². The summed E-state index contributed by atoms with van der Waals surface area (Å²) in [7, 11) is 0. The van der Waals surface area contributed by atoms with E-state index in [9.17, 15) is 14.0 Å². The minimum Gasteiger partial charge on any atom is -0.335 e. The molecular weight excluding hydrogens is 443 g/mol. The quantitative estimate of drug-likeness (QED) is 0.528. The second kappa shape index (κ2) is 10.6. The van der Waals surface area contributed by atoms with Gasteiger partial charge in [-0.05, 0) is 56.2 Å². The van der Waals surface area contributed by atoms with Crippen molar-refractivity contribution < 1.29 is 14.0 Å². The summed E-state index contributed by atoms with van der Waals surface area (Å²) in [6, 6.07) is 9.17. The third kappa shape index (κ3) is 5.75. The molecule has 1 aromatic carbocycles. The lowest BCUT2D eigenvalue weighted by Crippen LogP contribution is -2.47. The topological polar surface area (TPSA) is 102 Å². The molecule has 2 heterocycles. The summed E-state index contributed by atoms with van der Waals surface area (Å²) in [6.45, 7) is 1.70. The zero-order valence-corrected chi connectivity index (χ0v) is 19.0. The maximum atomic E-state index is 13.5. The number of benzene rings is 1. The average Bonchev–Trinajstić information content (AvgIpc) is 3.24. The normalized spacial score (nSPS) is 15.1. The van der Waals surface area contributed by atoms with Crippen LogP contribution in [0, 0.1) is 5.82 Å². The van der Waals surface area contributed by atoms with Crippen molar-refractivity contribution in [2.75, 3.05) is 0 Å². The first-order chi connectivity index (χ1) is 16.0. The van der Waals surface area contributed by atoms with Crippen molar-refractivity contribution in [3.63, 3.8) is 0 Å². The van der Waals surface area contributed by atoms with Crippen LogP contribution in [0.15, 0.2) is 53.9 Å². The van der Waals surface area contributed by atoms with Crippen molar-refractivity contribution in [1.29, 1.82) is 0 Å². The Balaban J connectivity index is 1.51. The number of aromatic nitrogens is 4. The van der Waals surface area contributed by atoms with Crippen molar-refractivity contribution in [3.05, 3.63) is 54.6 Å². The lowest BCUT2D eigenvalue weighted by atomic mass is 9.96. The highest BCUT2D eigenvalue weighted by Gasteiger charge is 2.24. The second-order valence-electron chi connectivity index (χ2n) is 7.91. The molecule has 2 aromatic heterocycles. The summed E-state index contributed by atoms with van der Waals surface area (Å²) in [4.78, 5) is 29.0. The van der Waals surface area contributed by atoms with Crippen LogP contribution in [0.25, 0.3) is 17.1 Å². The van der Waals surface area contributed by atoms with Crippen LogP contribution in [0.3, 0.4) is 0 Å². The molecular formula is C23H25FN6O2S. The Kier molecular flexibility index (Phi) is 7.33. The largest absolute Gasteiger partial charge is 0.335 e. The Morgan fingerprint density at radius 1 is 1.06 bits per heavy atom. The Labute approximate surface area is 195 Å². The summed E-state index contributed by atoms with van der Waals surface area (Å²) in [5.41, 5.74) is 1.43. The number of nitrogens with one attached hydrogen (secondary N) is 2. The highest BCUT2D eigenvalue weighted by Crippen LogP contribution is 2.30. The van der Waals surface area contributed by atoms with Crippen molar-refractivity contribution in [1.82, 2.24) is 30.4 Å². The summed E-state index contributed by atoms with van der Waals surface area (Å²) < 4.78 is 15.3. The van der Waals surface area contributed by atoms with Crippen LogP contribution >= 0.6 is 11.8 Å². The monoisotopic (exact) mass is 468 g/mol. The summed E-state index contributed by atoms with van der Waals surface area (Å²) >= 11 is 1.17. The second-order valence-corrected chi connectivity index (χ2v) is 9.22. The molecule has 1 aliphatic rings. The lowest BCUT2D eigenvalue weighted by molar-refractivity contribution is -0.119. The van der Waals surface area contributed by atoms with Crippen LogP contribution in [0.5, 0.6) is 0 Å². The molecule has 3 aromatic rings. The number of nitrogens with zero attached hydrogens (tertiary/aromatic N) is 4. The predicted molar refractivity (Wildman–Crippen MR) is 123 cm³/mol. The van der Waals surface area contributed by atoms with E-state index in [0.29, 0.717) is 16.7 Å². The van der Waals surface area contributed by atoms with Gasteiger partial charge in [0.2, 0.25) is 5.91 Å². The maximum absolute atomic E-state index is 13.5. The number of rotatable bonds is 6.